The summed E-state index contributed by atoms with van der Waals surface area (Å²) in [6, 6.07) is 9.19. The van der Waals surface area contributed by atoms with E-state index in [0.717, 1.165) is 6.42 Å². The standard InChI is InChI=1S/C16H21N3/c1-11-15(10-18-19(11)3)16(17-2)9-13-8-12-6-4-5-7-14(12)13/h4-7,10,13,16-17H,8-9H2,1-3H3. The zero-order valence-corrected chi connectivity index (χ0v) is 11.9. The molecular weight excluding hydrogens is 234 g/mol. The fourth-order valence-electron chi connectivity index (χ4n) is 3.12. The Kier molecular flexibility index (Phi) is 3.15. The van der Waals surface area contributed by atoms with Crippen molar-refractivity contribution in [3.8, 4) is 0 Å². The third-order valence-electron chi connectivity index (χ3n) is 4.48. The van der Waals surface area contributed by atoms with Gasteiger partial charge in [0.25, 0.3) is 0 Å². The van der Waals surface area contributed by atoms with Gasteiger partial charge in [0, 0.05) is 24.3 Å². The van der Waals surface area contributed by atoms with Crippen molar-refractivity contribution in [2.24, 2.45) is 7.05 Å². The van der Waals surface area contributed by atoms with Gasteiger partial charge in [-0.3, -0.25) is 4.68 Å². The minimum atomic E-state index is 0.395. The summed E-state index contributed by atoms with van der Waals surface area (Å²) in [5, 5.41) is 7.81. The van der Waals surface area contributed by atoms with Crippen LogP contribution in [0.15, 0.2) is 30.5 Å². The van der Waals surface area contributed by atoms with Gasteiger partial charge in [-0.15, -0.1) is 0 Å². The Labute approximate surface area is 114 Å². The molecule has 1 aliphatic carbocycles. The molecule has 1 heterocycles. The van der Waals surface area contributed by atoms with Crippen LogP contribution in [0.25, 0.3) is 0 Å². The summed E-state index contributed by atoms with van der Waals surface area (Å²) in [4.78, 5) is 0. The van der Waals surface area contributed by atoms with Gasteiger partial charge in [0.05, 0.1) is 6.20 Å². The molecule has 3 rings (SSSR count). The van der Waals surface area contributed by atoms with Crippen LogP contribution in [-0.4, -0.2) is 16.8 Å². The third-order valence-corrected chi connectivity index (χ3v) is 4.48. The average molecular weight is 255 g/mol. The van der Waals surface area contributed by atoms with Crippen LogP contribution in [0.2, 0.25) is 0 Å². The van der Waals surface area contributed by atoms with E-state index in [4.69, 9.17) is 0 Å². The molecule has 0 saturated heterocycles. The molecule has 2 aromatic rings. The number of aryl methyl sites for hydroxylation is 1. The maximum Gasteiger partial charge on any atom is 0.0540 e. The molecule has 1 N–H and O–H groups in total. The number of aromatic nitrogens is 2. The van der Waals surface area contributed by atoms with E-state index in [1.54, 1.807) is 0 Å². The largest absolute Gasteiger partial charge is 0.313 e. The molecular formula is C16H21N3. The third kappa shape index (κ3) is 2.08. The number of nitrogens with zero attached hydrogens (tertiary/aromatic N) is 2. The van der Waals surface area contributed by atoms with Crippen molar-refractivity contribution < 1.29 is 0 Å². The molecule has 0 saturated carbocycles. The van der Waals surface area contributed by atoms with Gasteiger partial charge in [0.2, 0.25) is 0 Å². The zero-order chi connectivity index (χ0) is 13.4. The highest BCUT2D eigenvalue weighted by Crippen LogP contribution is 2.40. The predicted octanol–water partition coefficient (Wildman–Crippen LogP) is 2.72. The van der Waals surface area contributed by atoms with Crippen molar-refractivity contribution in [1.82, 2.24) is 15.1 Å². The van der Waals surface area contributed by atoms with Gasteiger partial charge in [-0.2, -0.15) is 5.10 Å². The molecule has 1 aromatic heterocycles. The summed E-state index contributed by atoms with van der Waals surface area (Å²) in [5.41, 5.74) is 5.64. The summed E-state index contributed by atoms with van der Waals surface area (Å²) >= 11 is 0. The molecule has 0 spiro atoms. The smallest absolute Gasteiger partial charge is 0.0540 e. The molecule has 2 atom stereocenters. The second-order valence-electron chi connectivity index (χ2n) is 5.49. The van der Waals surface area contributed by atoms with Gasteiger partial charge < -0.3 is 5.32 Å². The highest BCUT2D eigenvalue weighted by molar-refractivity contribution is 5.40. The Bertz CT molecular complexity index is 585. The molecule has 100 valence electrons. The van der Waals surface area contributed by atoms with Crippen LogP contribution in [0.1, 0.15) is 40.8 Å². The van der Waals surface area contributed by atoms with E-state index in [1.807, 2.05) is 25.0 Å². The van der Waals surface area contributed by atoms with Gasteiger partial charge in [-0.05, 0) is 43.9 Å². The summed E-state index contributed by atoms with van der Waals surface area (Å²) in [7, 11) is 4.05. The molecule has 0 amide bonds. The van der Waals surface area contributed by atoms with Crippen molar-refractivity contribution in [3.63, 3.8) is 0 Å². The Morgan fingerprint density at radius 2 is 2.21 bits per heavy atom. The highest BCUT2D eigenvalue weighted by atomic mass is 15.3. The van der Waals surface area contributed by atoms with E-state index in [-0.39, 0.29) is 0 Å². The van der Waals surface area contributed by atoms with Gasteiger partial charge in [0.1, 0.15) is 0 Å². The maximum atomic E-state index is 4.36. The Morgan fingerprint density at radius 3 is 2.84 bits per heavy atom. The molecule has 3 nitrogen and oxygen atoms in total. The molecule has 0 radical (unpaired) electrons. The summed E-state index contributed by atoms with van der Waals surface area (Å²) in [6.45, 7) is 2.14. The molecule has 1 aromatic carbocycles. The van der Waals surface area contributed by atoms with Crippen molar-refractivity contribution in [2.75, 3.05) is 7.05 Å². The van der Waals surface area contributed by atoms with Crippen molar-refractivity contribution in [1.29, 1.82) is 0 Å². The van der Waals surface area contributed by atoms with Gasteiger partial charge in [-0.25, -0.2) is 0 Å². The zero-order valence-electron chi connectivity index (χ0n) is 11.9. The lowest BCUT2D eigenvalue weighted by atomic mass is 9.74. The van der Waals surface area contributed by atoms with Crippen molar-refractivity contribution in [3.05, 3.63) is 52.8 Å². The van der Waals surface area contributed by atoms with E-state index in [2.05, 4.69) is 41.6 Å². The summed E-state index contributed by atoms with van der Waals surface area (Å²) in [6.07, 6.45) is 4.37. The van der Waals surface area contributed by atoms with E-state index in [0.29, 0.717) is 12.0 Å². The number of hydrogen-bond donors (Lipinski definition) is 1. The van der Waals surface area contributed by atoms with E-state index in [9.17, 15) is 0 Å². The molecule has 0 aliphatic heterocycles. The fourth-order valence-corrected chi connectivity index (χ4v) is 3.12. The molecule has 0 bridgehead atoms. The molecule has 2 unspecified atom stereocenters. The normalized spacial score (nSPS) is 18.8. The van der Waals surface area contributed by atoms with Crippen LogP contribution < -0.4 is 5.32 Å². The van der Waals surface area contributed by atoms with E-state index in [1.165, 1.54) is 28.8 Å². The Balaban J connectivity index is 1.77. The number of fused-ring (bicyclic) bond motifs is 1. The number of hydrogen-bond acceptors (Lipinski definition) is 2. The highest BCUT2D eigenvalue weighted by Gasteiger charge is 2.29. The summed E-state index contributed by atoms with van der Waals surface area (Å²) in [5.74, 6) is 0.688. The first-order valence-corrected chi connectivity index (χ1v) is 6.94. The monoisotopic (exact) mass is 255 g/mol. The van der Waals surface area contributed by atoms with Gasteiger partial charge >= 0.3 is 0 Å². The first-order valence-electron chi connectivity index (χ1n) is 6.94. The van der Waals surface area contributed by atoms with Crippen LogP contribution in [-0.2, 0) is 13.5 Å². The van der Waals surface area contributed by atoms with Crippen LogP contribution in [0.4, 0.5) is 0 Å². The van der Waals surface area contributed by atoms with E-state index < -0.39 is 0 Å². The first kappa shape index (κ1) is 12.4. The van der Waals surface area contributed by atoms with E-state index >= 15 is 0 Å². The maximum absolute atomic E-state index is 4.36. The first-order chi connectivity index (χ1) is 9.20. The van der Waals surface area contributed by atoms with Gasteiger partial charge in [0.15, 0.2) is 0 Å². The van der Waals surface area contributed by atoms with Crippen LogP contribution in [0, 0.1) is 6.92 Å². The number of benzene rings is 1. The fraction of sp³-hybridized carbons (Fsp3) is 0.438. The minimum absolute atomic E-state index is 0.395. The quantitative estimate of drug-likeness (QED) is 0.910. The number of nitrogens with one attached hydrogen (secondary N) is 1. The molecule has 19 heavy (non-hydrogen) atoms. The van der Waals surface area contributed by atoms with Crippen LogP contribution >= 0.6 is 0 Å². The second kappa shape index (κ2) is 4.82. The predicted molar refractivity (Wildman–Crippen MR) is 77.2 cm³/mol. The van der Waals surface area contributed by atoms with Crippen molar-refractivity contribution in [2.45, 2.75) is 31.7 Å². The Hall–Kier alpha value is -1.61. The molecule has 1 aliphatic rings. The SMILES string of the molecule is CNC(CC1Cc2ccccc21)c1cnn(C)c1C. The summed E-state index contributed by atoms with van der Waals surface area (Å²) < 4.78 is 1.95. The molecule has 3 heteroatoms. The Morgan fingerprint density at radius 1 is 1.42 bits per heavy atom. The lowest BCUT2D eigenvalue weighted by Gasteiger charge is -2.33. The lowest BCUT2D eigenvalue weighted by molar-refractivity contribution is 0.450. The average Bonchev–Trinajstić information content (AvgIpc) is 2.72. The van der Waals surface area contributed by atoms with Crippen LogP contribution in [0.5, 0.6) is 0 Å². The van der Waals surface area contributed by atoms with Crippen molar-refractivity contribution >= 4 is 0 Å². The lowest BCUT2D eigenvalue weighted by Crippen LogP contribution is -2.25. The minimum Gasteiger partial charge on any atom is -0.313 e. The van der Waals surface area contributed by atoms with Gasteiger partial charge in [-0.1, -0.05) is 24.3 Å². The van der Waals surface area contributed by atoms with Crippen LogP contribution in [0.3, 0.4) is 0 Å². The topological polar surface area (TPSA) is 29.9 Å². The molecule has 0 fully saturated rings. The second-order valence-corrected chi connectivity index (χ2v) is 5.49. The number of rotatable bonds is 4.